The maximum atomic E-state index is 13.1. The number of halogens is 3. The van der Waals surface area contributed by atoms with Crippen LogP contribution < -0.4 is 15.8 Å². The van der Waals surface area contributed by atoms with Crippen LogP contribution in [0.2, 0.25) is 0 Å². The SMILES string of the molecule is CC(COCC(=O)N1CCN(c2ncc(C3CC3)cn2)CC1)Nc1cn[nH]c(=O)c1C(F)(F)F. The minimum absolute atomic E-state index is 0.0308. The number of aromatic amines is 1. The van der Waals surface area contributed by atoms with E-state index in [0.717, 1.165) is 6.20 Å². The quantitative estimate of drug-likeness (QED) is 0.585. The zero-order valence-corrected chi connectivity index (χ0v) is 18.6. The van der Waals surface area contributed by atoms with Crippen LogP contribution in [0.3, 0.4) is 0 Å². The van der Waals surface area contributed by atoms with Crippen molar-refractivity contribution in [1.29, 1.82) is 0 Å². The highest BCUT2D eigenvalue weighted by molar-refractivity contribution is 5.77. The van der Waals surface area contributed by atoms with E-state index in [9.17, 15) is 22.8 Å². The molecule has 0 radical (unpaired) electrons. The third-order valence-electron chi connectivity index (χ3n) is 5.76. The minimum Gasteiger partial charge on any atom is -0.378 e. The lowest BCUT2D eigenvalue weighted by Crippen LogP contribution is -2.50. The molecule has 1 saturated carbocycles. The molecule has 1 unspecified atom stereocenters. The molecule has 34 heavy (non-hydrogen) atoms. The molecular weight excluding hydrogens is 455 g/mol. The molecule has 4 rings (SSSR count). The highest BCUT2D eigenvalue weighted by Gasteiger charge is 2.37. The van der Waals surface area contributed by atoms with Crippen molar-refractivity contribution in [2.75, 3.05) is 49.6 Å². The molecule has 0 aromatic carbocycles. The Bertz CT molecular complexity index is 1050. The number of nitrogens with one attached hydrogen (secondary N) is 2. The first-order valence-electron chi connectivity index (χ1n) is 11.1. The Morgan fingerprint density at radius 2 is 1.88 bits per heavy atom. The molecule has 2 aromatic heterocycles. The van der Waals surface area contributed by atoms with E-state index in [0.29, 0.717) is 38.0 Å². The number of amides is 1. The number of piperazine rings is 1. The number of aromatic nitrogens is 4. The van der Waals surface area contributed by atoms with Crippen LogP contribution in [0.15, 0.2) is 23.4 Å². The first-order chi connectivity index (χ1) is 16.2. The van der Waals surface area contributed by atoms with Crippen LogP contribution in [-0.2, 0) is 15.7 Å². The normalized spacial score (nSPS) is 17.5. The van der Waals surface area contributed by atoms with E-state index >= 15 is 0 Å². The maximum Gasteiger partial charge on any atom is 0.423 e. The molecule has 13 heteroatoms. The Morgan fingerprint density at radius 3 is 2.50 bits per heavy atom. The van der Waals surface area contributed by atoms with Gasteiger partial charge in [0.05, 0.1) is 18.5 Å². The summed E-state index contributed by atoms with van der Waals surface area (Å²) in [5.74, 6) is 1.05. The lowest BCUT2D eigenvalue weighted by Gasteiger charge is -2.34. The van der Waals surface area contributed by atoms with Crippen molar-refractivity contribution >= 4 is 17.5 Å². The molecule has 184 valence electrons. The summed E-state index contributed by atoms with van der Waals surface area (Å²) in [4.78, 5) is 36.6. The molecule has 0 spiro atoms. The summed E-state index contributed by atoms with van der Waals surface area (Å²) < 4.78 is 44.8. The highest BCUT2D eigenvalue weighted by atomic mass is 19.4. The molecule has 2 fully saturated rings. The van der Waals surface area contributed by atoms with Crippen molar-refractivity contribution in [1.82, 2.24) is 25.1 Å². The van der Waals surface area contributed by atoms with Crippen LogP contribution in [0.4, 0.5) is 24.8 Å². The van der Waals surface area contributed by atoms with E-state index in [1.165, 1.54) is 18.4 Å². The summed E-state index contributed by atoms with van der Waals surface area (Å²) in [5, 5.41) is 7.77. The second kappa shape index (κ2) is 9.95. The lowest BCUT2D eigenvalue weighted by molar-refractivity contribution is -0.138. The van der Waals surface area contributed by atoms with Gasteiger partial charge < -0.3 is 19.9 Å². The smallest absolute Gasteiger partial charge is 0.378 e. The minimum atomic E-state index is -4.83. The van der Waals surface area contributed by atoms with E-state index in [4.69, 9.17) is 4.74 Å². The number of hydrogen-bond donors (Lipinski definition) is 2. The van der Waals surface area contributed by atoms with Gasteiger partial charge in [0.2, 0.25) is 11.9 Å². The highest BCUT2D eigenvalue weighted by Crippen LogP contribution is 2.39. The van der Waals surface area contributed by atoms with Gasteiger partial charge in [-0.1, -0.05) is 0 Å². The number of rotatable bonds is 8. The van der Waals surface area contributed by atoms with Crippen molar-refractivity contribution in [3.8, 4) is 0 Å². The van der Waals surface area contributed by atoms with Crippen molar-refractivity contribution in [2.24, 2.45) is 0 Å². The summed E-state index contributed by atoms with van der Waals surface area (Å²) in [6, 6.07) is -0.592. The molecule has 2 aromatic rings. The zero-order valence-electron chi connectivity index (χ0n) is 18.6. The van der Waals surface area contributed by atoms with Gasteiger partial charge in [-0.05, 0) is 31.2 Å². The van der Waals surface area contributed by atoms with E-state index in [1.54, 1.807) is 16.9 Å². The Hall–Kier alpha value is -3.22. The monoisotopic (exact) mass is 481 g/mol. The number of alkyl halides is 3. The van der Waals surface area contributed by atoms with Gasteiger partial charge in [0.1, 0.15) is 12.2 Å². The fourth-order valence-corrected chi connectivity index (χ4v) is 3.79. The first kappa shape index (κ1) is 23.9. The number of anilines is 2. The van der Waals surface area contributed by atoms with Crippen molar-refractivity contribution in [3.63, 3.8) is 0 Å². The van der Waals surface area contributed by atoms with E-state index < -0.39 is 29.0 Å². The molecular formula is C21H26F3N7O3. The standard InChI is InChI=1S/C21H26F3N7O3/c1-13(28-16-10-27-29-19(33)18(16)21(22,23)24)11-34-12-17(32)30-4-6-31(7-5-30)20-25-8-15(9-26-20)14-2-3-14/h8-10,13-14H,2-7,11-12H2,1H3,(H2,28,29,33). The second-order valence-electron chi connectivity index (χ2n) is 8.50. The maximum absolute atomic E-state index is 13.1. The van der Waals surface area contributed by atoms with Crippen LogP contribution in [0.1, 0.15) is 36.8 Å². The lowest BCUT2D eigenvalue weighted by atomic mass is 10.2. The predicted octanol–water partition coefficient (Wildman–Crippen LogP) is 1.62. The number of carbonyl (C=O) groups excluding carboxylic acids is 1. The second-order valence-corrected chi connectivity index (χ2v) is 8.50. The number of carbonyl (C=O) groups is 1. The molecule has 10 nitrogen and oxygen atoms in total. The average Bonchev–Trinajstić information content (AvgIpc) is 3.64. The van der Waals surface area contributed by atoms with Gasteiger partial charge in [0.25, 0.3) is 5.56 Å². The molecule has 2 N–H and O–H groups in total. The molecule has 2 aliphatic rings. The van der Waals surface area contributed by atoms with Gasteiger partial charge in [-0.2, -0.15) is 18.3 Å². The van der Waals surface area contributed by atoms with Crippen LogP contribution in [0.5, 0.6) is 0 Å². The van der Waals surface area contributed by atoms with Gasteiger partial charge in [0, 0.05) is 44.6 Å². The Kier molecular flexibility index (Phi) is 7.00. The number of hydrogen-bond acceptors (Lipinski definition) is 8. The van der Waals surface area contributed by atoms with Crippen molar-refractivity contribution in [3.05, 3.63) is 40.1 Å². The molecule has 1 amide bonds. The summed E-state index contributed by atoms with van der Waals surface area (Å²) >= 11 is 0. The van der Waals surface area contributed by atoms with Crippen LogP contribution >= 0.6 is 0 Å². The molecule has 3 heterocycles. The largest absolute Gasteiger partial charge is 0.423 e. The van der Waals surface area contributed by atoms with E-state index in [2.05, 4.69) is 20.4 Å². The molecule has 1 saturated heterocycles. The average molecular weight is 481 g/mol. The van der Waals surface area contributed by atoms with Crippen molar-refractivity contribution < 1.29 is 22.7 Å². The van der Waals surface area contributed by atoms with E-state index in [1.807, 2.05) is 17.3 Å². The first-order valence-corrected chi connectivity index (χ1v) is 11.1. The van der Waals surface area contributed by atoms with Gasteiger partial charge >= 0.3 is 6.18 Å². The van der Waals surface area contributed by atoms with E-state index in [-0.39, 0.29) is 19.1 Å². The summed E-state index contributed by atoms with van der Waals surface area (Å²) in [7, 11) is 0. The number of ether oxygens (including phenoxy) is 1. The van der Waals surface area contributed by atoms with Gasteiger partial charge in [-0.25, -0.2) is 15.1 Å². The van der Waals surface area contributed by atoms with Crippen LogP contribution in [0, 0.1) is 0 Å². The van der Waals surface area contributed by atoms with Gasteiger partial charge in [0.15, 0.2) is 0 Å². The Labute approximate surface area is 193 Å². The van der Waals surface area contributed by atoms with Crippen molar-refractivity contribution in [2.45, 2.75) is 37.9 Å². The summed E-state index contributed by atoms with van der Waals surface area (Å²) in [6.07, 6.45) is 2.20. The fourth-order valence-electron chi connectivity index (χ4n) is 3.79. The fraction of sp³-hybridized carbons (Fsp3) is 0.571. The number of nitrogens with zero attached hydrogens (tertiary/aromatic N) is 5. The third kappa shape index (κ3) is 5.82. The predicted molar refractivity (Wildman–Crippen MR) is 117 cm³/mol. The molecule has 0 bridgehead atoms. The summed E-state index contributed by atoms with van der Waals surface area (Å²) in [6.45, 7) is 3.55. The Balaban J connectivity index is 1.20. The third-order valence-corrected chi connectivity index (χ3v) is 5.76. The number of H-pyrrole nitrogens is 1. The van der Waals surface area contributed by atoms with Gasteiger partial charge in [-0.3, -0.25) is 9.59 Å². The van der Waals surface area contributed by atoms with Gasteiger partial charge in [-0.15, -0.1) is 0 Å². The Morgan fingerprint density at radius 1 is 1.21 bits per heavy atom. The summed E-state index contributed by atoms with van der Waals surface area (Å²) in [5.41, 5.74) is -1.95. The molecule has 1 atom stereocenters. The van der Waals surface area contributed by atoms with Crippen LogP contribution in [-0.4, -0.2) is 76.4 Å². The molecule has 1 aliphatic heterocycles. The zero-order chi connectivity index (χ0) is 24.3. The van der Waals surface area contributed by atoms with Crippen LogP contribution in [0.25, 0.3) is 0 Å². The topological polar surface area (TPSA) is 116 Å². The molecule has 1 aliphatic carbocycles.